The second kappa shape index (κ2) is 9.24. The number of aromatic nitrogens is 3. The Kier molecular flexibility index (Phi) is 5.85. The van der Waals surface area contributed by atoms with Crippen molar-refractivity contribution in [2.45, 2.75) is 32.1 Å². The van der Waals surface area contributed by atoms with Crippen LogP contribution in [0.15, 0.2) is 71.3 Å². The number of amides is 1. The highest BCUT2D eigenvalue weighted by atomic mass is 16.1. The fraction of sp³-hybridized carbons (Fsp3) is 0.231. The van der Waals surface area contributed by atoms with E-state index in [4.69, 9.17) is 15.7 Å². The van der Waals surface area contributed by atoms with Gasteiger partial charge in [-0.25, -0.2) is 9.97 Å². The number of nitrogens with zero attached hydrogens (tertiary/aromatic N) is 4. The number of hydrogen-bond donors (Lipinski definition) is 2. The molecule has 33 heavy (non-hydrogen) atoms. The van der Waals surface area contributed by atoms with E-state index < -0.39 is 0 Å². The highest BCUT2D eigenvalue weighted by Crippen LogP contribution is 2.28. The molecule has 7 nitrogen and oxygen atoms in total. The van der Waals surface area contributed by atoms with E-state index in [2.05, 4.69) is 16.5 Å². The molecule has 0 atom stereocenters. The zero-order valence-electron chi connectivity index (χ0n) is 18.4. The summed E-state index contributed by atoms with van der Waals surface area (Å²) in [5, 5.41) is 7.56. The molecule has 0 saturated carbocycles. The topological polar surface area (TPSA) is 98.2 Å². The van der Waals surface area contributed by atoms with Gasteiger partial charge < -0.3 is 11.1 Å². The Morgan fingerprint density at radius 1 is 1.06 bits per heavy atom. The normalized spacial score (nSPS) is 14.1. The molecule has 2 aromatic heterocycles. The molecule has 5 rings (SSSR count). The zero-order chi connectivity index (χ0) is 22.6. The van der Waals surface area contributed by atoms with E-state index in [1.54, 1.807) is 6.21 Å². The molecule has 0 fully saturated rings. The van der Waals surface area contributed by atoms with Crippen LogP contribution in [0, 0.1) is 0 Å². The minimum absolute atomic E-state index is 0.224. The summed E-state index contributed by atoms with van der Waals surface area (Å²) in [7, 11) is 0. The number of carbonyl (C=O) groups excluding carboxylic acids is 1. The van der Waals surface area contributed by atoms with Gasteiger partial charge in [0.05, 0.1) is 17.2 Å². The number of nitrogens with two attached hydrogens (primary N) is 1. The molecule has 0 aliphatic heterocycles. The third-order valence-electron chi connectivity index (χ3n) is 5.94. The number of allylic oxidation sites excluding steroid dienone is 1. The lowest BCUT2D eigenvalue weighted by atomic mass is 9.97. The number of nitrogens with one attached hydrogen (secondary N) is 1. The number of rotatable bonds is 6. The van der Waals surface area contributed by atoms with Crippen molar-refractivity contribution < 1.29 is 4.79 Å². The van der Waals surface area contributed by atoms with Gasteiger partial charge in [0.2, 0.25) is 0 Å². The predicted molar refractivity (Wildman–Crippen MR) is 132 cm³/mol. The quantitative estimate of drug-likeness (QED) is 0.338. The summed E-state index contributed by atoms with van der Waals surface area (Å²) in [6.07, 6.45) is 9.57. The lowest BCUT2D eigenvalue weighted by Gasteiger charge is -2.12. The second-order valence-corrected chi connectivity index (χ2v) is 8.23. The van der Waals surface area contributed by atoms with Crippen LogP contribution in [0.4, 0.5) is 5.82 Å². The molecule has 7 heteroatoms. The Bertz CT molecular complexity index is 1370. The molecule has 0 radical (unpaired) electrons. The number of benzene rings is 2. The van der Waals surface area contributed by atoms with E-state index in [9.17, 15) is 4.79 Å². The number of anilines is 1. The van der Waals surface area contributed by atoms with E-state index in [-0.39, 0.29) is 11.7 Å². The van der Waals surface area contributed by atoms with Crippen molar-refractivity contribution in [1.29, 1.82) is 0 Å². The van der Waals surface area contributed by atoms with Crippen LogP contribution in [0.1, 0.15) is 48.0 Å². The molecular formula is C26H26N6O. The smallest absolute Gasteiger partial charge is 0.257 e. The van der Waals surface area contributed by atoms with Gasteiger partial charge in [-0.3, -0.25) is 4.79 Å². The van der Waals surface area contributed by atoms with Crippen molar-refractivity contribution in [3.05, 3.63) is 77.4 Å². The molecule has 3 N–H and O–H groups in total. The Morgan fingerprint density at radius 3 is 2.58 bits per heavy atom. The lowest BCUT2D eigenvalue weighted by molar-refractivity contribution is 0.0956. The average molecular weight is 439 g/mol. The highest BCUT2D eigenvalue weighted by Gasteiger charge is 2.24. The summed E-state index contributed by atoms with van der Waals surface area (Å²) in [6.45, 7) is 0.561. The number of hydrogen-bond acceptors (Lipinski definition) is 5. The van der Waals surface area contributed by atoms with Crippen LogP contribution in [-0.4, -0.2) is 33.3 Å². The molecule has 0 unspecified atom stereocenters. The Balaban J connectivity index is 1.52. The molecule has 1 aliphatic rings. The number of para-hydroxylation sites is 2. The Morgan fingerprint density at radius 2 is 1.82 bits per heavy atom. The summed E-state index contributed by atoms with van der Waals surface area (Å²) in [5.41, 5.74) is 11.4. The van der Waals surface area contributed by atoms with E-state index >= 15 is 0 Å². The van der Waals surface area contributed by atoms with Gasteiger partial charge in [0.15, 0.2) is 5.65 Å². The first-order valence-electron chi connectivity index (χ1n) is 11.3. The summed E-state index contributed by atoms with van der Waals surface area (Å²) in [5.74, 6) is -0.0333. The molecule has 2 heterocycles. The molecule has 4 aromatic rings. The van der Waals surface area contributed by atoms with Crippen molar-refractivity contribution in [2.75, 3.05) is 12.3 Å². The van der Waals surface area contributed by atoms with Crippen molar-refractivity contribution >= 4 is 40.1 Å². The minimum Gasteiger partial charge on any atom is -0.383 e. The van der Waals surface area contributed by atoms with E-state index in [1.807, 2.05) is 54.6 Å². The van der Waals surface area contributed by atoms with Crippen LogP contribution >= 0.6 is 0 Å². The maximum Gasteiger partial charge on any atom is 0.257 e. The van der Waals surface area contributed by atoms with E-state index in [0.717, 1.165) is 30.3 Å². The molecule has 2 aromatic carbocycles. The fourth-order valence-corrected chi connectivity index (χ4v) is 4.21. The van der Waals surface area contributed by atoms with Gasteiger partial charge in [0.25, 0.3) is 5.91 Å². The monoisotopic (exact) mass is 438 g/mol. The van der Waals surface area contributed by atoms with Crippen molar-refractivity contribution in [2.24, 2.45) is 5.10 Å². The average Bonchev–Trinajstić information content (AvgIpc) is 3.12. The molecule has 1 aliphatic carbocycles. The molecule has 0 spiro atoms. The number of fused-ring (bicyclic) bond motifs is 2. The van der Waals surface area contributed by atoms with E-state index in [1.165, 1.54) is 23.1 Å². The Hall–Kier alpha value is -4.00. The summed E-state index contributed by atoms with van der Waals surface area (Å²) >= 11 is 0. The molecule has 0 saturated heterocycles. The molecule has 0 bridgehead atoms. The van der Waals surface area contributed by atoms with Gasteiger partial charge in [-0.15, -0.1) is 0 Å². The van der Waals surface area contributed by atoms with E-state index in [0.29, 0.717) is 28.8 Å². The standard InChI is InChI=1S/C26H26N6O/c27-24-22(26(33)28-16-15-18-9-3-1-4-10-18)23-25(31-21-14-8-7-13-20(21)30-23)32(24)29-17-19-11-5-2-6-12-19/h2,5-9,11-14,17H,1,3-4,10,15-16,27H2,(H,28,33). The van der Waals surface area contributed by atoms with Gasteiger partial charge >= 0.3 is 0 Å². The minimum atomic E-state index is -0.257. The third-order valence-corrected chi connectivity index (χ3v) is 5.94. The SMILES string of the molecule is Nc1c(C(=O)NCCC2=CCCCC2)c2nc3ccccc3nc2n1N=Cc1ccccc1. The summed E-state index contributed by atoms with van der Waals surface area (Å²) < 4.78 is 1.50. The fourth-order valence-electron chi connectivity index (χ4n) is 4.21. The maximum atomic E-state index is 13.2. The predicted octanol–water partition coefficient (Wildman–Crippen LogP) is 4.67. The van der Waals surface area contributed by atoms with Crippen LogP contribution in [0.5, 0.6) is 0 Å². The maximum absolute atomic E-state index is 13.2. The summed E-state index contributed by atoms with van der Waals surface area (Å²) in [4.78, 5) is 22.7. The first kappa shape index (κ1) is 20.9. The Labute approximate surface area is 192 Å². The molecule has 1 amide bonds. The second-order valence-electron chi connectivity index (χ2n) is 8.23. The van der Waals surface area contributed by atoms with Gasteiger partial charge in [-0.2, -0.15) is 9.78 Å². The van der Waals surface area contributed by atoms with Crippen LogP contribution in [0.3, 0.4) is 0 Å². The molecular weight excluding hydrogens is 412 g/mol. The van der Waals surface area contributed by atoms with Gasteiger partial charge in [-0.05, 0) is 49.8 Å². The number of nitrogen functional groups attached to an aromatic ring is 1. The first-order valence-corrected chi connectivity index (χ1v) is 11.3. The van der Waals surface area contributed by atoms with Gasteiger partial charge in [-0.1, -0.05) is 54.1 Å². The van der Waals surface area contributed by atoms with Crippen LogP contribution < -0.4 is 11.1 Å². The first-order chi connectivity index (χ1) is 16.2. The largest absolute Gasteiger partial charge is 0.383 e. The van der Waals surface area contributed by atoms with Crippen molar-refractivity contribution in [1.82, 2.24) is 20.0 Å². The number of carbonyl (C=O) groups is 1. The van der Waals surface area contributed by atoms with Crippen molar-refractivity contribution in [3.8, 4) is 0 Å². The third kappa shape index (κ3) is 4.35. The van der Waals surface area contributed by atoms with Crippen LogP contribution in [0.25, 0.3) is 22.2 Å². The van der Waals surface area contributed by atoms with Gasteiger partial charge in [0, 0.05) is 6.54 Å². The summed E-state index contributed by atoms with van der Waals surface area (Å²) in [6, 6.07) is 17.3. The van der Waals surface area contributed by atoms with Crippen molar-refractivity contribution in [3.63, 3.8) is 0 Å². The highest BCUT2D eigenvalue weighted by molar-refractivity contribution is 6.10. The zero-order valence-corrected chi connectivity index (χ0v) is 18.4. The lowest BCUT2D eigenvalue weighted by Crippen LogP contribution is -2.25. The van der Waals surface area contributed by atoms with Gasteiger partial charge in [0.1, 0.15) is 16.9 Å². The van der Waals surface area contributed by atoms with Crippen LogP contribution in [-0.2, 0) is 0 Å². The molecule has 166 valence electrons. The van der Waals surface area contributed by atoms with Crippen LogP contribution in [0.2, 0.25) is 0 Å².